The summed E-state index contributed by atoms with van der Waals surface area (Å²) in [5, 5.41) is 26.6. The zero-order valence-corrected chi connectivity index (χ0v) is 31.2. The van der Waals surface area contributed by atoms with Gasteiger partial charge in [0.15, 0.2) is 5.96 Å². The number of carbonyl (C=O) groups is 5. The Balaban J connectivity index is 3.11. The minimum Gasteiger partial charge on any atom is -0.394 e. The first-order chi connectivity index (χ1) is 24.0. The highest BCUT2D eigenvalue weighted by Gasteiger charge is 2.33. The Kier molecular flexibility index (Phi) is 20.4. The van der Waals surface area contributed by atoms with E-state index >= 15 is 0 Å². The van der Waals surface area contributed by atoms with Gasteiger partial charge >= 0.3 is 0 Å². The van der Waals surface area contributed by atoms with Crippen molar-refractivity contribution >= 4 is 35.5 Å². The largest absolute Gasteiger partial charge is 0.394 e. The summed E-state index contributed by atoms with van der Waals surface area (Å²) in [6, 6.07) is 4.51. The molecule has 4 atom stereocenters. The number of likely N-dealkylation sites (N-methyl/N-ethyl adjacent to an activating group) is 1. The first-order valence-electron chi connectivity index (χ1n) is 17.4. The molecule has 0 fully saturated rings. The number of nitrogens with two attached hydrogens (primary N) is 2. The van der Waals surface area contributed by atoms with Crippen molar-refractivity contribution in [2.75, 3.05) is 40.0 Å². The van der Waals surface area contributed by atoms with Crippen molar-refractivity contribution in [3.05, 3.63) is 35.9 Å². The van der Waals surface area contributed by atoms with Crippen LogP contribution in [0.4, 0.5) is 0 Å². The summed E-state index contributed by atoms with van der Waals surface area (Å²) < 4.78 is 5.31. The van der Waals surface area contributed by atoms with Crippen LogP contribution in [0.25, 0.3) is 0 Å². The maximum Gasteiger partial charge on any atom is 0.246 e. The molecule has 0 bridgehead atoms. The molecule has 0 aromatic heterocycles. The first kappa shape index (κ1) is 44.7. The second-order valence-electron chi connectivity index (χ2n) is 13.9. The Morgan fingerprint density at radius 3 is 2.06 bits per heavy atom. The van der Waals surface area contributed by atoms with Gasteiger partial charge in [-0.05, 0) is 57.6 Å². The molecule has 0 saturated carbocycles. The molecule has 0 aliphatic heterocycles. The predicted octanol–water partition coefficient (Wildman–Crippen LogP) is -0.953. The van der Waals surface area contributed by atoms with E-state index in [1.807, 2.05) is 58.0 Å². The Morgan fingerprint density at radius 1 is 0.863 bits per heavy atom. The van der Waals surface area contributed by atoms with E-state index in [-0.39, 0.29) is 38.6 Å². The second-order valence-corrected chi connectivity index (χ2v) is 13.9. The molecule has 0 spiro atoms. The van der Waals surface area contributed by atoms with Gasteiger partial charge in [0.05, 0.1) is 13.2 Å². The second kappa shape index (κ2) is 23.2. The summed E-state index contributed by atoms with van der Waals surface area (Å²) in [5.41, 5.74) is 11.0. The van der Waals surface area contributed by atoms with Crippen molar-refractivity contribution in [3.8, 4) is 0 Å². The van der Waals surface area contributed by atoms with E-state index in [9.17, 15) is 29.1 Å². The van der Waals surface area contributed by atoms with Crippen LogP contribution >= 0.6 is 0 Å². The standard InChI is InChI=1S/C35H61N9O7/c1-22(2)19-35(5,6)44-32(49)26(18-24-12-9-8-10-13-24)41-31(48)27(20-45)42-33(50)29(23(3)4)43-30(47)25(14-11-15-39-34(36)37)40-28(46)21-51-17-16-38-7/h8-10,12-13,22-23,25-27,29,38,45H,11,14-21H2,1-7H3,(H,40,46)(H,41,48)(H,42,50)(H,43,47)(H,44,49)(H4,36,37,39)/t25-,26-,27-,29?/m0/s1. The smallest absolute Gasteiger partial charge is 0.246 e. The molecule has 0 aliphatic rings. The van der Waals surface area contributed by atoms with Crippen molar-refractivity contribution in [1.29, 1.82) is 0 Å². The quantitative estimate of drug-likeness (QED) is 0.0360. The van der Waals surface area contributed by atoms with Gasteiger partial charge in [0, 0.05) is 25.0 Å². The summed E-state index contributed by atoms with van der Waals surface area (Å²) in [6.45, 7) is 11.3. The summed E-state index contributed by atoms with van der Waals surface area (Å²) in [6.07, 6.45) is 1.36. The molecule has 16 nitrogen and oxygen atoms in total. The third kappa shape index (κ3) is 18.5. The Morgan fingerprint density at radius 2 is 1.49 bits per heavy atom. The van der Waals surface area contributed by atoms with Crippen LogP contribution < -0.4 is 43.4 Å². The number of hydrogen-bond donors (Lipinski definition) is 9. The van der Waals surface area contributed by atoms with Gasteiger partial charge < -0.3 is 53.2 Å². The average Bonchev–Trinajstić information content (AvgIpc) is 3.04. The van der Waals surface area contributed by atoms with Gasteiger partial charge in [-0.15, -0.1) is 0 Å². The Hall–Kier alpha value is -4.28. The monoisotopic (exact) mass is 719 g/mol. The lowest BCUT2D eigenvalue weighted by Crippen LogP contribution is -2.61. The number of aliphatic imine (C=N–C) groups is 1. The highest BCUT2D eigenvalue weighted by molar-refractivity contribution is 5.96. The number of ether oxygens (including phenoxy) is 1. The summed E-state index contributed by atoms with van der Waals surface area (Å²) in [7, 11) is 1.74. The number of guanidine groups is 1. The SMILES string of the molecule is CNCCOCC(=O)N[C@@H](CCCN=C(N)N)C(=O)NC(C(=O)N[C@@H](CO)C(=O)N[C@@H](Cc1ccccc1)C(=O)NC(C)(C)CC(C)C)C(C)C. The van der Waals surface area contributed by atoms with Crippen molar-refractivity contribution in [3.63, 3.8) is 0 Å². The number of rotatable bonds is 24. The van der Waals surface area contributed by atoms with E-state index in [4.69, 9.17) is 16.2 Å². The zero-order valence-electron chi connectivity index (χ0n) is 31.2. The third-order valence-corrected chi connectivity index (χ3v) is 7.68. The van der Waals surface area contributed by atoms with Crippen LogP contribution in [0.5, 0.6) is 0 Å². The highest BCUT2D eigenvalue weighted by atomic mass is 16.5. The van der Waals surface area contributed by atoms with Crippen molar-refractivity contribution in [2.45, 2.75) is 96.9 Å². The summed E-state index contributed by atoms with van der Waals surface area (Å²) >= 11 is 0. The normalized spacial score (nSPS) is 13.8. The van der Waals surface area contributed by atoms with Crippen LogP contribution in [0, 0.1) is 11.8 Å². The molecule has 16 heteroatoms. The first-order valence-corrected chi connectivity index (χ1v) is 17.4. The maximum atomic E-state index is 13.5. The van der Waals surface area contributed by atoms with E-state index in [1.165, 1.54) is 0 Å². The van der Waals surface area contributed by atoms with Gasteiger partial charge in [-0.3, -0.25) is 29.0 Å². The molecule has 0 aliphatic carbocycles. The maximum absolute atomic E-state index is 13.5. The summed E-state index contributed by atoms with van der Waals surface area (Å²) in [5.74, 6) is -3.37. The van der Waals surface area contributed by atoms with E-state index in [0.717, 1.165) is 5.56 Å². The fourth-order valence-electron chi connectivity index (χ4n) is 5.42. The Bertz CT molecular complexity index is 1270. The molecule has 1 aromatic rings. The fraction of sp³-hybridized carbons (Fsp3) is 0.657. The van der Waals surface area contributed by atoms with Crippen LogP contribution in [0.3, 0.4) is 0 Å². The number of nitrogens with zero attached hydrogens (tertiary/aromatic N) is 1. The van der Waals surface area contributed by atoms with Crippen LogP contribution in [0.1, 0.15) is 66.4 Å². The van der Waals surface area contributed by atoms with Gasteiger partial charge in [-0.1, -0.05) is 58.0 Å². The number of amides is 5. The van der Waals surface area contributed by atoms with Gasteiger partial charge in [-0.2, -0.15) is 0 Å². The predicted molar refractivity (Wildman–Crippen MR) is 196 cm³/mol. The number of aliphatic hydroxyl groups is 1. The van der Waals surface area contributed by atoms with Gasteiger partial charge in [0.25, 0.3) is 0 Å². The van der Waals surface area contributed by atoms with Crippen molar-refractivity contribution < 1.29 is 33.8 Å². The van der Waals surface area contributed by atoms with E-state index in [0.29, 0.717) is 25.3 Å². The van der Waals surface area contributed by atoms with E-state index in [1.54, 1.807) is 20.9 Å². The molecular weight excluding hydrogens is 658 g/mol. The van der Waals surface area contributed by atoms with E-state index in [2.05, 4.69) is 36.9 Å². The van der Waals surface area contributed by atoms with E-state index < -0.39 is 71.8 Å². The van der Waals surface area contributed by atoms with Crippen LogP contribution in [-0.4, -0.2) is 110 Å². The zero-order chi connectivity index (χ0) is 38.6. The minimum atomic E-state index is -1.43. The lowest BCUT2D eigenvalue weighted by atomic mass is 9.92. The highest BCUT2D eigenvalue weighted by Crippen LogP contribution is 2.16. The average molecular weight is 720 g/mol. The lowest BCUT2D eigenvalue weighted by molar-refractivity contribution is -0.136. The lowest BCUT2D eigenvalue weighted by Gasteiger charge is -2.31. The Labute approximate surface area is 302 Å². The third-order valence-electron chi connectivity index (χ3n) is 7.68. The number of aliphatic hydroxyl groups excluding tert-OH is 1. The molecule has 1 rings (SSSR count). The molecule has 0 heterocycles. The van der Waals surface area contributed by atoms with Crippen molar-refractivity contribution in [2.24, 2.45) is 28.3 Å². The molecular formula is C35H61N9O7. The minimum absolute atomic E-state index is 0.112. The topological polar surface area (TPSA) is 251 Å². The molecule has 0 saturated heterocycles. The molecule has 5 amide bonds. The molecule has 11 N–H and O–H groups in total. The molecule has 0 radical (unpaired) electrons. The number of hydrogen-bond acceptors (Lipinski definition) is 9. The number of benzene rings is 1. The molecule has 51 heavy (non-hydrogen) atoms. The number of nitrogens with one attached hydrogen (secondary N) is 6. The fourth-order valence-corrected chi connectivity index (χ4v) is 5.42. The molecule has 1 unspecified atom stereocenters. The molecule has 1 aromatic carbocycles. The summed E-state index contributed by atoms with van der Waals surface area (Å²) in [4.78, 5) is 70.4. The van der Waals surface area contributed by atoms with Gasteiger partial charge in [0.2, 0.25) is 29.5 Å². The van der Waals surface area contributed by atoms with Crippen LogP contribution in [-0.2, 0) is 35.1 Å². The van der Waals surface area contributed by atoms with Gasteiger partial charge in [0.1, 0.15) is 30.8 Å². The van der Waals surface area contributed by atoms with Crippen molar-refractivity contribution in [1.82, 2.24) is 31.9 Å². The number of carbonyl (C=O) groups excluding carboxylic acids is 5. The van der Waals surface area contributed by atoms with Crippen LogP contribution in [0.15, 0.2) is 35.3 Å². The van der Waals surface area contributed by atoms with Gasteiger partial charge in [-0.25, -0.2) is 0 Å². The molecule has 288 valence electrons. The van der Waals surface area contributed by atoms with Crippen LogP contribution in [0.2, 0.25) is 0 Å².